The van der Waals surface area contributed by atoms with Gasteiger partial charge in [0.2, 0.25) is 0 Å². The Morgan fingerprint density at radius 1 is 0.508 bits per heavy atom. The van der Waals surface area contributed by atoms with Gasteiger partial charge in [0.15, 0.2) is 6.10 Å². The molecular weight excluding hydrogens is 810 g/mol. The number of quaternary nitrogens is 1. The van der Waals surface area contributed by atoms with E-state index in [0.29, 0.717) is 23.9 Å². The monoisotopic (exact) mass is 907 g/mol. The number of phosphoric acid groups is 1. The number of phosphoric ester groups is 1. The summed E-state index contributed by atoms with van der Waals surface area (Å²) in [6, 6.07) is 0. The Morgan fingerprint density at radius 3 is 1.35 bits per heavy atom. The minimum atomic E-state index is -4.39. The second kappa shape index (κ2) is 44.9. The van der Waals surface area contributed by atoms with Gasteiger partial charge in [0.1, 0.15) is 19.8 Å². The number of carbonyl (C=O) groups is 2. The third kappa shape index (κ3) is 49.0. The van der Waals surface area contributed by atoms with Crippen LogP contribution in [-0.2, 0) is 32.7 Å². The molecule has 2 atom stereocenters. The highest BCUT2D eigenvalue weighted by Crippen LogP contribution is 2.43. The molecule has 0 amide bonds. The molecular formula is C53H97NO8P+. The average molecular weight is 907 g/mol. The maximum absolute atomic E-state index is 12.8. The van der Waals surface area contributed by atoms with Crippen LogP contribution in [0.4, 0.5) is 0 Å². The van der Waals surface area contributed by atoms with Crippen molar-refractivity contribution in [3.63, 3.8) is 0 Å². The summed E-state index contributed by atoms with van der Waals surface area (Å²) in [5.74, 6) is -0.831. The third-order valence-corrected chi connectivity index (χ3v) is 11.8. The number of allylic oxidation sites excluding steroid dienone is 10. The lowest BCUT2D eigenvalue weighted by Gasteiger charge is -2.24. The van der Waals surface area contributed by atoms with Crippen LogP contribution in [0.2, 0.25) is 0 Å². The molecule has 0 heterocycles. The summed E-state index contributed by atoms with van der Waals surface area (Å²) in [7, 11) is 1.46. The highest BCUT2D eigenvalue weighted by atomic mass is 31.2. The summed E-state index contributed by atoms with van der Waals surface area (Å²) in [5.41, 5.74) is 0. The fraction of sp³-hybridized carbons (Fsp3) is 0.774. The summed E-state index contributed by atoms with van der Waals surface area (Å²) in [5, 5.41) is 0. The van der Waals surface area contributed by atoms with E-state index in [2.05, 4.69) is 74.6 Å². The van der Waals surface area contributed by atoms with Gasteiger partial charge in [-0.3, -0.25) is 18.6 Å². The van der Waals surface area contributed by atoms with E-state index >= 15 is 0 Å². The van der Waals surface area contributed by atoms with Gasteiger partial charge in [-0.05, 0) is 57.8 Å². The van der Waals surface area contributed by atoms with Crippen molar-refractivity contribution in [3.05, 3.63) is 60.8 Å². The molecule has 0 aliphatic carbocycles. The van der Waals surface area contributed by atoms with Crippen LogP contribution in [0.15, 0.2) is 60.8 Å². The zero-order chi connectivity index (χ0) is 46.4. The molecule has 0 spiro atoms. The number of rotatable bonds is 46. The number of esters is 2. The number of nitrogens with zero attached hydrogens (tertiary/aromatic N) is 1. The highest BCUT2D eigenvalue weighted by molar-refractivity contribution is 7.47. The van der Waals surface area contributed by atoms with Gasteiger partial charge in [0, 0.05) is 12.8 Å². The molecule has 0 radical (unpaired) electrons. The van der Waals surface area contributed by atoms with Crippen LogP contribution >= 0.6 is 7.82 Å². The molecule has 9 nitrogen and oxygen atoms in total. The van der Waals surface area contributed by atoms with Gasteiger partial charge in [-0.15, -0.1) is 0 Å². The van der Waals surface area contributed by atoms with Crippen molar-refractivity contribution in [1.29, 1.82) is 0 Å². The van der Waals surface area contributed by atoms with Crippen molar-refractivity contribution in [2.75, 3.05) is 47.5 Å². The average Bonchev–Trinajstić information content (AvgIpc) is 3.24. The molecule has 0 saturated carbocycles. The normalized spacial score (nSPS) is 13.9. The summed E-state index contributed by atoms with van der Waals surface area (Å²) in [6.07, 6.45) is 55.6. The van der Waals surface area contributed by atoms with Crippen molar-refractivity contribution >= 4 is 19.8 Å². The third-order valence-electron chi connectivity index (χ3n) is 10.8. The summed E-state index contributed by atoms with van der Waals surface area (Å²) < 4.78 is 34.4. The Morgan fingerprint density at radius 2 is 0.905 bits per heavy atom. The summed E-state index contributed by atoms with van der Waals surface area (Å²) in [6.45, 7) is 4.29. The number of hydrogen-bond acceptors (Lipinski definition) is 7. The quantitative estimate of drug-likeness (QED) is 0.0212. The molecule has 10 heteroatoms. The highest BCUT2D eigenvalue weighted by Gasteiger charge is 2.27. The van der Waals surface area contributed by atoms with Crippen LogP contribution in [0.25, 0.3) is 0 Å². The van der Waals surface area contributed by atoms with Crippen LogP contribution in [0.5, 0.6) is 0 Å². The Labute approximate surface area is 387 Å². The van der Waals surface area contributed by atoms with Gasteiger partial charge in [-0.25, -0.2) is 4.57 Å². The van der Waals surface area contributed by atoms with Crippen molar-refractivity contribution in [2.24, 2.45) is 0 Å². The fourth-order valence-corrected chi connectivity index (χ4v) is 7.61. The lowest BCUT2D eigenvalue weighted by molar-refractivity contribution is -0.870. The standard InChI is InChI=1S/C53H96NO8P/c1-6-8-10-12-14-16-18-20-22-24-26-28-30-32-34-36-38-40-42-44-46-53(56)62-51(50-61-63(57,58)60-48-47-54(3,4)5)49-59-52(55)45-43-41-39-37-35-33-31-29-27-25-23-21-19-17-15-13-11-9-7-2/h9,11,15,17,21,23,27,29,33,35,51H,6-8,10,12-14,16,18-20,22,24-26,28,30-32,34,36-50H2,1-5H3/p+1/b11-9+,17-15+,23-21+,29-27+,35-33+/t51-/m1/s1. The molecule has 0 saturated heterocycles. The van der Waals surface area contributed by atoms with Crippen molar-refractivity contribution in [3.8, 4) is 0 Å². The van der Waals surface area contributed by atoms with Crippen molar-refractivity contribution in [1.82, 2.24) is 0 Å². The van der Waals surface area contributed by atoms with Gasteiger partial charge in [-0.2, -0.15) is 0 Å². The van der Waals surface area contributed by atoms with E-state index in [-0.39, 0.29) is 26.1 Å². The van der Waals surface area contributed by atoms with E-state index < -0.39 is 32.5 Å². The lowest BCUT2D eigenvalue weighted by atomic mass is 10.0. The SMILES string of the molecule is CC/C=C/C/C=C/C/C=C/C/C=C/C/C=C/CCCCCC(=O)OC[C@H](COP(=O)(O)OCC[N+](C)(C)C)OC(=O)CCCCCCCCCCCCCCCCCCCCCC. The predicted octanol–water partition coefficient (Wildman–Crippen LogP) is 15.2. The first-order chi connectivity index (χ1) is 30.5. The molecule has 0 fully saturated rings. The maximum Gasteiger partial charge on any atom is 0.472 e. The Balaban J connectivity index is 4.31. The Kier molecular flexibility index (Phi) is 43.3. The molecule has 0 aromatic rings. The number of likely N-dealkylation sites (N-methyl/N-ethyl adjacent to an activating group) is 1. The Hall–Kier alpha value is -2.29. The summed E-state index contributed by atoms with van der Waals surface area (Å²) >= 11 is 0. The first-order valence-electron chi connectivity index (χ1n) is 25.5. The molecule has 1 unspecified atom stereocenters. The minimum absolute atomic E-state index is 0.0250. The number of carbonyl (C=O) groups excluding carboxylic acids is 2. The topological polar surface area (TPSA) is 108 Å². The minimum Gasteiger partial charge on any atom is -0.462 e. The van der Waals surface area contributed by atoms with E-state index in [4.69, 9.17) is 18.5 Å². The smallest absolute Gasteiger partial charge is 0.462 e. The Bertz CT molecular complexity index is 1250. The largest absolute Gasteiger partial charge is 0.472 e. The van der Waals surface area contributed by atoms with E-state index in [1.165, 1.54) is 109 Å². The molecule has 0 bridgehead atoms. The van der Waals surface area contributed by atoms with E-state index in [9.17, 15) is 19.0 Å². The lowest BCUT2D eigenvalue weighted by Crippen LogP contribution is -2.37. The molecule has 0 rings (SSSR count). The number of ether oxygens (including phenoxy) is 2. The number of hydrogen-bond donors (Lipinski definition) is 1. The van der Waals surface area contributed by atoms with E-state index in [0.717, 1.165) is 64.2 Å². The molecule has 0 aliphatic rings. The van der Waals surface area contributed by atoms with Crippen molar-refractivity contribution in [2.45, 2.75) is 219 Å². The van der Waals surface area contributed by atoms with Crippen LogP contribution in [0.3, 0.4) is 0 Å². The molecule has 366 valence electrons. The van der Waals surface area contributed by atoms with Gasteiger partial charge in [0.05, 0.1) is 27.7 Å². The van der Waals surface area contributed by atoms with Gasteiger partial charge < -0.3 is 18.9 Å². The van der Waals surface area contributed by atoms with E-state index in [1.807, 2.05) is 21.1 Å². The molecule has 63 heavy (non-hydrogen) atoms. The second-order valence-electron chi connectivity index (χ2n) is 18.2. The van der Waals surface area contributed by atoms with Crippen LogP contribution in [0, 0.1) is 0 Å². The van der Waals surface area contributed by atoms with Gasteiger partial charge in [-0.1, -0.05) is 203 Å². The van der Waals surface area contributed by atoms with Crippen LogP contribution < -0.4 is 0 Å². The van der Waals surface area contributed by atoms with E-state index in [1.54, 1.807) is 0 Å². The molecule has 0 aromatic heterocycles. The predicted molar refractivity (Wildman–Crippen MR) is 266 cm³/mol. The zero-order valence-corrected chi connectivity index (χ0v) is 42.2. The zero-order valence-electron chi connectivity index (χ0n) is 41.3. The van der Waals surface area contributed by atoms with Gasteiger partial charge >= 0.3 is 19.8 Å². The van der Waals surface area contributed by atoms with Crippen LogP contribution in [0.1, 0.15) is 213 Å². The molecule has 1 N–H and O–H groups in total. The second-order valence-corrected chi connectivity index (χ2v) is 19.6. The molecule has 0 aromatic carbocycles. The fourth-order valence-electron chi connectivity index (χ4n) is 6.87. The first-order valence-corrected chi connectivity index (χ1v) is 27.0. The number of unbranched alkanes of at least 4 members (excludes halogenated alkanes) is 22. The maximum atomic E-state index is 12.8. The van der Waals surface area contributed by atoms with Crippen molar-refractivity contribution < 1.29 is 42.1 Å². The summed E-state index contributed by atoms with van der Waals surface area (Å²) in [4.78, 5) is 35.5. The van der Waals surface area contributed by atoms with Gasteiger partial charge in [0.25, 0.3) is 0 Å². The first kappa shape index (κ1) is 60.7. The molecule has 0 aliphatic heterocycles. The van der Waals surface area contributed by atoms with Crippen LogP contribution in [-0.4, -0.2) is 74.9 Å².